The third-order valence-electron chi connectivity index (χ3n) is 3.79. The Morgan fingerprint density at radius 3 is 2.82 bits per heavy atom. The van der Waals surface area contributed by atoms with Gasteiger partial charge >= 0.3 is 0 Å². The van der Waals surface area contributed by atoms with Gasteiger partial charge in [-0.05, 0) is 42.5 Å². The van der Waals surface area contributed by atoms with E-state index in [-0.39, 0.29) is 35.9 Å². The van der Waals surface area contributed by atoms with E-state index in [1.807, 2.05) is 6.07 Å². The SMILES string of the molecule is I.O[C@H]1CCN(C2CCc3ccc(F)cc32)C1. The Kier molecular flexibility index (Phi) is 4.05. The van der Waals surface area contributed by atoms with Crippen molar-refractivity contribution in [3.05, 3.63) is 35.1 Å². The highest BCUT2D eigenvalue weighted by Crippen LogP contribution is 2.37. The topological polar surface area (TPSA) is 23.5 Å². The molecule has 1 aliphatic carbocycles. The lowest BCUT2D eigenvalue weighted by atomic mass is 10.1. The molecule has 94 valence electrons. The van der Waals surface area contributed by atoms with E-state index >= 15 is 0 Å². The summed E-state index contributed by atoms with van der Waals surface area (Å²) in [6.07, 6.45) is 2.75. The van der Waals surface area contributed by atoms with Crippen molar-refractivity contribution in [3.63, 3.8) is 0 Å². The van der Waals surface area contributed by atoms with Crippen molar-refractivity contribution < 1.29 is 9.50 Å². The van der Waals surface area contributed by atoms with Crippen molar-refractivity contribution in [2.45, 2.75) is 31.4 Å². The van der Waals surface area contributed by atoms with Crippen molar-refractivity contribution in [2.75, 3.05) is 13.1 Å². The normalized spacial score (nSPS) is 27.9. The summed E-state index contributed by atoms with van der Waals surface area (Å²) >= 11 is 0. The number of hydrogen-bond donors (Lipinski definition) is 1. The zero-order valence-corrected chi connectivity index (χ0v) is 11.9. The number of aryl methyl sites for hydroxylation is 1. The monoisotopic (exact) mass is 349 g/mol. The van der Waals surface area contributed by atoms with Crippen LogP contribution < -0.4 is 0 Å². The van der Waals surface area contributed by atoms with E-state index in [9.17, 15) is 9.50 Å². The first kappa shape index (κ1) is 13.2. The molecule has 17 heavy (non-hydrogen) atoms. The lowest BCUT2D eigenvalue weighted by Gasteiger charge is -2.24. The molecule has 0 spiro atoms. The highest BCUT2D eigenvalue weighted by molar-refractivity contribution is 14.0. The standard InChI is InChI=1S/C13H16FNO.HI/c14-10-3-1-9-2-4-13(12(9)7-10)15-6-5-11(16)8-15;/h1,3,7,11,13,16H,2,4-6,8H2;1H/t11-,13?;/m0./s1. The third-order valence-corrected chi connectivity index (χ3v) is 3.79. The van der Waals surface area contributed by atoms with Gasteiger partial charge in [0.25, 0.3) is 0 Å². The maximum atomic E-state index is 13.2. The second kappa shape index (κ2) is 5.20. The Morgan fingerprint density at radius 1 is 1.29 bits per heavy atom. The number of fused-ring (bicyclic) bond motifs is 1. The molecule has 2 atom stereocenters. The average molecular weight is 349 g/mol. The van der Waals surface area contributed by atoms with Gasteiger partial charge in [0, 0.05) is 19.1 Å². The fourth-order valence-corrected chi connectivity index (χ4v) is 2.98. The number of nitrogens with zero attached hydrogens (tertiary/aromatic N) is 1. The first-order valence-electron chi connectivity index (χ1n) is 5.94. The molecule has 2 aliphatic rings. The van der Waals surface area contributed by atoms with Crippen LogP contribution in [0, 0.1) is 5.82 Å². The molecule has 0 bridgehead atoms. The van der Waals surface area contributed by atoms with Gasteiger partial charge in [-0.1, -0.05) is 6.07 Å². The average Bonchev–Trinajstić information content (AvgIpc) is 2.83. The van der Waals surface area contributed by atoms with Crippen LogP contribution in [0.4, 0.5) is 4.39 Å². The summed E-state index contributed by atoms with van der Waals surface area (Å²) in [5.41, 5.74) is 2.40. The largest absolute Gasteiger partial charge is 0.392 e. The lowest BCUT2D eigenvalue weighted by molar-refractivity contribution is 0.159. The van der Waals surface area contributed by atoms with Crippen LogP contribution in [-0.4, -0.2) is 29.2 Å². The number of β-amino-alcohol motifs (C(OH)–C–C–N with tert-alkyl or cyclic N) is 1. The molecule has 1 heterocycles. The zero-order chi connectivity index (χ0) is 11.1. The predicted octanol–water partition coefficient (Wildman–Crippen LogP) is 2.50. The highest BCUT2D eigenvalue weighted by Gasteiger charge is 2.32. The molecule has 3 rings (SSSR count). The van der Waals surface area contributed by atoms with Crippen LogP contribution in [0.3, 0.4) is 0 Å². The molecule has 2 nitrogen and oxygen atoms in total. The second-order valence-electron chi connectivity index (χ2n) is 4.84. The molecular formula is C13H17FINO. The van der Waals surface area contributed by atoms with Gasteiger partial charge in [-0.15, -0.1) is 24.0 Å². The summed E-state index contributed by atoms with van der Waals surface area (Å²) in [6, 6.07) is 5.43. The van der Waals surface area contributed by atoms with Crippen LogP contribution in [0.15, 0.2) is 18.2 Å². The van der Waals surface area contributed by atoms with E-state index in [0.717, 1.165) is 37.9 Å². The van der Waals surface area contributed by atoms with Crippen molar-refractivity contribution in [2.24, 2.45) is 0 Å². The summed E-state index contributed by atoms with van der Waals surface area (Å²) < 4.78 is 13.2. The highest BCUT2D eigenvalue weighted by atomic mass is 127. The van der Waals surface area contributed by atoms with Gasteiger partial charge in [0.2, 0.25) is 0 Å². The van der Waals surface area contributed by atoms with Gasteiger partial charge in [0.05, 0.1) is 6.10 Å². The second-order valence-corrected chi connectivity index (χ2v) is 4.84. The Balaban J connectivity index is 0.00000108. The van der Waals surface area contributed by atoms with Crippen LogP contribution in [0.25, 0.3) is 0 Å². The van der Waals surface area contributed by atoms with Gasteiger partial charge in [-0.25, -0.2) is 4.39 Å². The van der Waals surface area contributed by atoms with E-state index in [2.05, 4.69) is 4.90 Å². The first-order valence-corrected chi connectivity index (χ1v) is 5.94. The Labute approximate surface area is 118 Å². The molecule has 1 N–H and O–H groups in total. The number of aliphatic hydroxyl groups is 1. The Bertz CT molecular complexity index is 412. The van der Waals surface area contributed by atoms with Crippen LogP contribution in [0.1, 0.15) is 30.0 Å². The molecule has 1 unspecified atom stereocenters. The number of benzene rings is 1. The van der Waals surface area contributed by atoms with E-state index in [4.69, 9.17) is 0 Å². The summed E-state index contributed by atoms with van der Waals surface area (Å²) in [5.74, 6) is -0.148. The Hall–Kier alpha value is -0.200. The molecule has 1 fully saturated rings. The van der Waals surface area contributed by atoms with E-state index in [0.29, 0.717) is 6.04 Å². The molecule has 0 saturated carbocycles. The van der Waals surface area contributed by atoms with Gasteiger partial charge in [-0.3, -0.25) is 4.90 Å². The molecule has 1 aromatic rings. The zero-order valence-electron chi connectivity index (χ0n) is 9.60. The van der Waals surface area contributed by atoms with E-state index in [1.54, 1.807) is 12.1 Å². The van der Waals surface area contributed by atoms with E-state index in [1.165, 1.54) is 5.56 Å². The molecule has 1 aliphatic heterocycles. The first-order chi connectivity index (χ1) is 7.74. The van der Waals surface area contributed by atoms with Crippen LogP contribution in [0.5, 0.6) is 0 Å². The van der Waals surface area contributed by atoms with Crippen molar-refractivity contribution in [1.82, 2.24) is 4.90 Å². The number of aliphatic hydroxyl groups excluding tert-OH is 1. The molecule has 1 aromatic carbocycles. The van der Waals surface area contributed by atoms with Crippen LogP contribution >= 0.6 is 24.0 Å². The fourth-order valence-electron chi connectivity index (χ4n) is 2.98. The van der Waals surface area contributed by atoms with Crippen molar-refractivity contribution >= 4 is 24.0 Å². The number of halogens is 2. The summed E-state index contributed by atoms with van der Waals surface area (Å²) in [5, 5.41) is 9.55. The summed E-state index contributed by atoms with van der Waals surface area (Å²) in [7, 11) is 0. The Morgan fingerprint density at radius 2 is 2.12 bits per heavy atom. The van der Waals surface area contributed by atoms with Gasteiger partial charge in [0.15, 0.2) is 0 Å². The summed E-state index contributed by atoms with van der Waals surface area (Å²) in [6.45, 7) is 1.67. The molecule has 0 radical (unpaired) electrons. The van der Waals surface area contributed by atoms with Gasteiger partial charge < -0.3 is 5.11 Å². The van der Waals surface area contributed by atoms with Crippen molar-refractivity contribution in [1.29, 1.82) is 0 Å². The van der Waals surface area contributed by atoms with Crippen molar-refractivity contribution in [3.8, 4) is 0 Å². The third kappa shape index (κ3) is 2.48. The summed E-state index contributed by atoms with van der Waals surface area (Å²) in [4.78, 5) is 2.29. The molecule has 0 amide bonds. The number of hydrogen-bond acceptors (Lipinski definition) is 2. The maximum absolute atomic E-state index is 13.2. The smallest absolute Gasteiger partial charge is 0.123 e. The predicted molar refractivity (Wildman–Crippen MR) is 75.1 cm³/mol. The van der Waals surface area contributed by atoms with E-state index < -0.39 is 0 Å². The number of likely N-dealkylation sites (tertiary alicyclic amines) is 1. The minimum Gasteiger partial charge on any atom is -0.392 e. The van der Waals surface area contributed by atoms with Crippen LogP contribution in [0.2, 0.25) is 0 Å². The van der Waals surface area contributed by atoms with Gasteiger partial charge in [-0.2, -0.15) is 0 Å². The number of rotatable bonds is 1. The maximum Gasteiger partial charge on any atom is 0.123 e. The molecular weight excluding hydrogens is 332 g/mol. The minimum absolute atomic E-state index is 0. The molecule has 4 heteroatoms. The minimum atomic E-state index is -0.197. The molecule has 0 aromatic heterocycles. The molecule has 1 saturated heterocycles. The lowest BCUT2D eigenvalue weighted by Crippen LogP contribution is -2.26. The van der Waals surface area contributed by atoms with Gasteiger partial charge in [0.1, 0.15) is 5.82 Å². The fraction of sp³-hybridized carbons (Fsp3) is 0.538. The van der Waals surface area contributed by atoms with Crippen LogP contribution in [-0.2, 0) is 6.42 Å². The quantitative estimate of drug-likeness (QED) is 0.788.